The van der Waals surface area contributed by atoms with Crippen LogP contribution >= 0.6 is 0 Å². The molecule has 0 bridgehead atoms. The van der Waals surface area contributed by atoms with Crippen molar-refractivity contribution in [1.82, 2.24) is 0 Å². The van der Waals surface area contributed by atoms with Crippen molar-refractivity contribution in [3.05, 3.63) is 72.9 Å². The van der Waals surface area contributed by atoms with Crippen LogP contribution < -0.4 is 5.73 Å². The molecule has 1 rings (SSSR count). The summed E-state index contributed by atoms with van der Waals surface area (Å²) < 4.78 is 0. The highest BCUT2D eigenvalue weighted by Gasteiger charge is 1.85. The zero-order chi connectivity index (χ0) is 11.5. The van der Waals surface area contributed by atoms with E-state index in [1.165, 1.54) is 11.1 Å². The lowest BCUT2D eigenvalue weighted by Crippen LogP contribution is -1.94. The van der Waals surface area contributed by atoms with E-state index in [1.54, 1.807) is 12.2 Å². The molecular formula is C14H19N. The van der Waals surface area contributed by atoms with E-state index >= 15 is 0 Å². The van der Waals surface area contributed by atoms with Crippen LogP contribution in [0.5, 0.6) is 0 Å². The Hall–Kier alpha value is -1.60. The summed E-state index contributed by atoms with van der Waals surface area (Å²) in [6.07, 6.45) is 7.07. The van der Waals surface area contributed by atoms with Gasteiger partial charge in [-0.2, -0.15) is 0 Å². The molecule has 0 aliphatic carbocycles. The Morgan fingerprint density at radius 1 is 1.07 bits per heavy atom. The molecule has 0 fully saturated rings. The van der Waals surface area contributed by atoms with Crippen molar-refractivity contribution in [2.45, 2.75) is 13.5 Å². The summed E-state index contributed by atoms with van der Waals surface area (Å²) in [6, 6.07) is 8.25. The predicted octanol–water partition coefficient (Wildman–Crippen LogP) is 3.37. The topological polar surface area (TPSA) is 26.0 Å². The molecule has 0 spiro atoms. The molecule has 80 valence electrons. The Labute approximate surface area is 92.6 Å². The summed E-state index contributed by atoms with van der Waals surface area (Å²) in [4.78, 5) is 0. The number of aryl methyl sites for hydroxylation is 1. The Morgan fingerprint density at radius 3 is 1.87 bits per heavy atom. The van der Waals surface area contributed by atoms with E-state index in [0.29, 0.717) is 6.54 Å². The van der Waals surface area contributed by atoms with Crippen molar-refractivity contribution in [2.24, 2.45) is 5.73 Å². The maximum absolute atomic E-state index is 5.40. The molecule has 0 aromatic heterocycles. The molecule has 15 heavy (non-hydrogen) atoms. The number of nitrogens with two attached hydrogens (primary N) is 1. The van der Waals surface area contributed by atoms with Gasteiger partial charge < -0.3 is 5.73 Å². The first-order valence-corrected chi connectivity index (χ1v) is 4.90. The Kier molecular flexibility index (Phi) is 8.02. The smallest absolute Gasteiger partial charge is 0.0178 e. The molecule has 0 aliphatic rings. The third kappa shape index (κ3) is 7.47. The van der Waals surface area contributed by atoms with Crippen molar-refractivity contribution in [3.8, 4) is 0 Å². The van der Waals surface area contributed by atoms with E-state index < -0.39 is 0 Å². The van der Waals surface area contributed by atoms with Crippen molar-refractivity contribution in [2.75, 3.05) is 0 Å². The second-order valence-electron chi connectivity index (χ2n) is 3.05. The lowest BCUT2D eigenvalue weighted by molar-refractivity contribution is 1.07. The van der Waals surface area contributed by atoms with Gasteiger partial charge >= 0.3 is 0 Å². The zero-order valence-corrected chi connectivity index (χ0v) is 9.32. The number of allylic oxidation sites excluding steroid dienone is 4. The summed E-state index contributed by atoms with van der Waals surface area (Å²) in [5.74, 6) is 0. The van der Waals surface area contributed by atoms with Crippen LogP contribution in [0.2, 0.25) is 0 Å². The van der Waals surface area contributed by atoms with E-state index in [1.807, 2.05) is 12.2 Å². The minimum Gasteiger partial charge on any atom is -0.326 e. The quantitative estimate of drug-likeness (QED) is 0.745. The summed E-state index contributed by atoms with van der Waals surface area (Å²) in [5.41, 5.74) is 7.88. The molecule has 1 aromatic rings. The average Bonchev–Trinajstić information content (AvgIpc) is 2.28. The van der Waals surface area contributed by atoms with Gasteiger partial charge in [0.05, 0.1) is 0 Å². The fourth-order valence-electron chi connectivity index (χ4n) is 0.881. The van der Waals surface area contributed by atoms with Crippen molar-refractivity contribution >= 4 is 0 Å². The summed E-state index contributed by atoms with van der Waals surface area (Å²) >= 11 is 0. The Morgan fingerprint density at radius 2 is 1.53 bits per heavy atom. The molecule has 0 saturated heterocycles. The first-order chi connectivity index (χ1) is 7.24. The Bertz CT molecular complexity index is 297. The maximum atomic E-state index is 5.40. The molecule has 0 amide bonds. The molecule has 0 aliphatic heterocycles. The van der Waals surface area contributed by atoms with Gasteiger partial charge in [0.2, 0.25) is 0 Å². The van der Waals surface area contributed by atoms with Gasteiger partial charge in [0.25, 0.3) is 0 Å². The van der Waals surface area contributed by atoms with E-state index in [2.05, 4.69) is 44.3 Å². The van der Waals surface area contributed by atoms with Crippen molar-refractivity contribution < 1.29 is 0 Å². The van der Waals surface area contributed by atoms with Crippen LogP contribution in [0.25, 0.3) is 0 Å². The number of hydrogen-bond acceptors (Lipinski definition) is 1. The zero-order valence-electron chi connectivity index (χ0n) is 9.32. The van der Waals surface area contributed by atoms with Crippen LogP contribution in [0.3, 0.4) is 0 Å². The minimum absolute atomic E-state index is 0.639. The van der Waals surface area contributed by atoms with Gasteiger partial charge in [0.1, 0.15) is 0 Å². The van der Waals surface area contributed by atoms with Gasteiger partial charge in [0.15, 0.2) is 0 Å². The highest BCUT2D eigenvalue weighted by molar-refractivity contribution is 5.20. The molecule has 1 nitrogen and oxygen atoms in total. The van der Waals surface area contributed by atoms with Gasteiger partial charge in [-0.1, -0.05) is 67.3 Å². The fourth-order valence-corrected chi connectivity index (χ4v) is 0.881. The third-order valence-electron chi connectivity index (χ3n) is 1.74. The number of benzene rings is 1. The molecule has 2 N–H and O–H groups in total. The molecule has 0 heterocycles. The molecule has 1 heteroatoms. The van der Waals surface area contributed by atoms with Crippen LogP contribution in [0, 0.1) is 6.92 Å². The molecule has 0 unspecified atom stereocenters. The second kappa shape index (κ2) is 8.97. The van der Waals surface area contributed by atoms with Gasteiger partial charge in [-0.3, -0.25) is 0 Å². The first kappa shape index (κ1) is 13.4. The molecule has 0 saturated carbocycles. The van der Waals surface area contributed by atoms with Gasteiger partial charge in [0, 0.05) is 6.54 Å². The first-order valence-electron chi connectivity index (χ1n) is 4.90. The minimum atomic E-state index is 0.639. The second-order valence-corrected chi connectivity index (χ2v) is 3.05. The summed E-state index contributed by atoms with van der Waals surface area (Å²) in [5, 5.41) is 0. The SMILES string of the molecule is C=C/C=C\C=C.Cc1ccc(CN)cc1. The monoisotopic (exact) mass is 201 g/mol. The largest absolute Gasteiger partial charge is 0.326 e. The van der Waals surface area contributed by atoms with E-state index in [0.717, 1.165) is 0 Å². The normalized spacial score (nSPS) is 9.20. The van der Waals surface area contributed by atoms with Crippen LogP contribution in [-0.2, 0) is 6.54 Å². The predicted molar refractivity (Wildman–Crippen MR) is 68.6 cm³/mol. The van der Waals surface area contributed by atoms with Crippen LogP contribution in [0.15, 0.2) is 61.7 Å². The number of rotatable bonds is 3. The Balaban J connectivity index is 0.000000288. The number of hydrogen-bond donors (Lipinski definition) is 1. The highest BCUT2D eigenvalue weighted by atomic mass is 14.5. The maximum Gasteiger partial charge on any atom is 0.0178 e. The highest BCUT2D eigenvalue weighted by Crippen LogP contribution is 2.00. The molecule has 0 radical (unpaired) electrons. The fraction of sp³-hybridized carbons (Fsp3) is 0.143. The van der Waals surface area contributed by atoms with Crippen LogP contribution in [-0.4, -0.2) is 0 Å². The van der Waals surface area contributed by atoms with Gasteiger partial charge in [-0.15, -0.1) is 0 Å². The summed E-state index contributed by atoms with van der Waals surface area (Å²) in [6.45, 7) is 9.64. The standard InChI is InChI=1S/C8H11N.C6H8/c1-7-2-4-8(6-9)5-3-7;1-3-5-6-4-2/h2-5H,6,9H2,1H3;3-6H,1-2H2/b;6-5-. The van der Waals surface area contributed by atoms with E-state index in [4.69, 9.17) is 5.73 Å². The average molecular weight is 201 g/mol. The molecule has 1 aromatic carbocycles. The van der Waals surface area contributed by atoms with E-state index in [-0.39, 0.29) is 0 Å². The van der Waals surface area contributed by atoms with Crippen LogP contribution in [0.4, 0.5) is 0 Å². The van der Waals surface area contributed by atoms with Crippen molar-refractivity contribution in [3.63, 3.8) is 0 Å². The molecular weight excluding hydrogens is 182 g/mol. The lowest BCUT2D eigenvalue weighted by Gasteiger charge is -1.94. The van der Waals surface area contributed by atoms with E-state index in [9.17, 15) is 0 Å². The lowest BCUT2D eigenvalue weighted by atomic mass is 10.2. The van der Waals surface area contributed by atoms with Crippen LogP contribution in [0.1, 0.15) is 11.1 Å². The van der Waals surface area contributed by atoms with Gasteiger partial charge in [-0.05, 0) is 12.5 Å². The van der Waals surface area contributed by atoms with Crippen molar-refractivity contribution in [1.29, 1.82) is 0 Å². The summed E-state index contributed by atoms with van der Waals surface area (Å²) in [7, 11) is 0. The third-order valence-corrected chi connectivity index (χ3v) is 1.74. The van der Waals surface area contributed by atoms with Gasteiger partial charge in [-0.25, -0.2) is 0 Å². The molecule has 0 atom stereocenters.